The fraction of sp³-hybridized carbons (Fsp3) is 0.333. The normalized spacial score (nSPS) is 21.8. The van der Waals surface area contributed by atoms with Crippen molar-refractivity contribution < 1.29 is 5.11 Å². The van der Waals surface area contributed by atoms with Gasteiger partial charge in [-0.15, -0.1) is 0 Å². The molecule has 2 heteroatoms. The van der Waals surface area contributed by atoms with E-state index in [0.717, 1.165) is 24.2 Å². The van der Waals surface area contributed by atoms with Crippen molar-refractivity contribution in [2.75, 3.05) is 0 Å². The lowest BCUT2D eigenvalue weighted by Gasteiger charge is -2.18. The van der Waals surface area contributed by atoms with Gasteiger partial charge in [-0.2, -0.15) is 0 Å². The molecule has 0 spiro atoms. The van der Waals surface area contributed by atoms with Gasteiger partial charge in [-0.1, -0.05) is 36.0 Å². The Bertz CT molecular complexity index is 318. The van der Waals surface area contributed by atoms with Crippen molar-refractivity contribution in [2.45, 2.75) is 30.3 Å². The number of thioether (sulfide) groups is 1. The molecule has 0 unspecified atom stereocenters. The van der Waals surface area contributed by atoms with E-state index in [1.807, 2.05) is 18.2 Å². The number of benzene rings is 1. The molecule has 1 N–H and O–H groups in total. The van der Waals surface area contributed by atoms with E-state index < -0.39 is 0 Å². The summed E-state index contributed by atoms with van der Waals surface area (Å²) < 4.78 is 0. The summed E-state index contributed by atoms with van der Waals surface area (Å²) in [6.45, 7) is 0. The largest absolute Gasteiger partial charge is 0.388 e. The Balaban J connectivity index is 2.07. The van der Waals surface area contributed by atoms with Crippen LogP contribution in [0.1, 0.15) is 19.3 Å². The van der Waals surface area contributed by atoms with Crippen LogP contribution in [0.2, 0.25) is 0 Å². The minimum absolute atomic E-state index is 0.242. The smallest absolute Gasteiger partial charge is 0.0848 e. The number of aliphatic hydroxyl groups excluding tert-OH is 1. The van der Waals surface area contributed by atoms with Crippen LogP contribution in [-0.2, 0) is 0 Å². The molecule has 0 radical (unpaired) electrons. The second kappa shape index (κ2) is 4.67. The molecule has 2 rings (SSSR count). The van der Waals surface area contributed by atoms with Gasteiger partial charge in [-0.05, 0) is 31.4 Å². The summed E-state index contributed by atoms with van der Waals surface area (Å²) in [5.41, 5.74) is 0. The first-order valence-electron chi connectivity index (χ1n) is 4.97. The summed E-state index contributed by atoms with van der Waals surface area (Å²) in [4.78, 5) is 2.32. The standard InChI is InChI=1S/C12H14OS/c13-11-8-4-5-9-12(11)14-10-6-2-1-3-7-10/h1-3,6-7,9,11,13H,4-5,8H2/t11-/m0/s1. The third-order valence-electron chi connectivity index (χ3n) is 2.33. The van der Waals surface area contributed by atoms with Crippen LogP contribution in [0.25, 0.3) is 0 Å². The maximum atomic E-state index is 9.74. The van der Waals surface area contributed by atoms with E-state index in [0.29, 0.717) is 0 Å². The molecule has 0 aromatic heterocycles. The van der Waals surface area contributed by atoms with Gasteiger partial charge in [0.1, 0.15) is 0 Å². The molecule has 0 aliphatic heterocycles. The van der Waals surface area contributed by atoms with Gasteiger partial charge in [0.2, 0.25) is 0 Å². The van der Waals surface area contributed by atoms with E-state index in [9.17, 15) is 5.11 Å². The number of allylic oxidation sites excluding steroid dienone is 1. The lowest BCUT2D eigenvalue weighted by atomic mass is 10.1. The molecule has 74 valence electrons. The zero-order valence-corrected chi connectivity index (χ0v) is 8.83. The van der Waals surface area contributed by atoms with Crippen LogP contribution in [-0.4, -0.2) is 11.2 Å². The molecule has 1 aromatic rings. The first-order valence-corrected chi connectivity index (χ1v) is 5.79. The molecule has 1 nitrogen and oxygen atoms in total. The van der Waals surface area contributed by atoms with Crippen molar-refractivity contribution in [1.29, 1.82) is 0 Å². The quantitative estimate of drug-likeness (QED) is 0.801. The van der Waals surface area contributed by atoms with Gasteiger partial charge >= 0.3 is 0 Å². The van der Waals surface area contributed by atoms with E-state index in [2.05, 4.69) is 18.2 Å². The average Bonchev–Trinajstić information content (AvgIpc) is 2.23. The Kier molecular flexibility index (Phi) is 3.27. The summed E-state index contributed by atoms with van der Waals surface area (Å²) in [5, 5.41) is 9.74. The molecule has 14 heavy (non-hydrogen) atoms. The fourth-order valence-corrected chi connectivity index (χ4v) is 2.59. The molecule has 0 amide bonds. The molecule has 0 saturated heterocycles. The maximum absolute atomic E-state index is 9.74. The number of aliphatic hydroxyl groups is 1. The maximum Gasteiger partial charge on any atom is 0.0848 e. The van der Waals surface area contributed by atoms with Crippen molar-refractivity contribution in [2.24, 2.45) is 0 Å². The van der Waals surface area contributed by atoms with Crippen molar-refractivity contribution in [3.8, 4) is 0 Å². The molecule has 0 bridgehead atoms. The number of hydrogen-bond donors (Lipinski definition) is 1. The number of rotatable bonds is 2. The lowest BCUT2D eigenvalue weighted by Crippen LogP contribution is -2.11. The van der Waals surface area contributed by atoms with Crippen LogP contribution < -0.4 is 0 Å². The minimum atomic E-state index is -0.242. The van der Waals surface area contributed by atoms with Crippen LogP contribution >= 0.6 is 11.8 Å². The van der Waals surface area contributed by atoms with Crippen LogP contribution in [0, 0.1) is 0 Å². The molecule has 1 atom stereocenters. The summed E-state index contributed by atoms with van der Waals surface area (Å²) in [6.07, 6.45) is 5.04. The van der Waals surface area contributed by atoms with Crippen molar-refractivity contribution >= 4 is 11.8 Å². The molecule has 0 fully saturated rings. The van der Waals surface area contributed by atoms with Gasteiger partial charge in [0.05, 0.1) is 6.10 Å². The van der Waals surface area contributed by atoms with Gasteiger partial charge in [0.25, 0.3) is 0 Å². The van der Waals surface area contributed by atoms with Crippen LogP contribution in [0.4, 0.5) is 0 Å². The van der Waals surface area contributed by atoms with Crippen molar-refractivity contribution in [3.63, 3.8) is 0 Å². The van der Waals surface area contributed by atoms with Crippen LogP contribution in [0.15, 0.2) is 46.2 Å². The van der Waals surface area contributed by atoms with Crippen molar-refractivity contribution in [1.82, 2.24) is 0 Å². The Labute approximate surface area is 88.8 Å². The summed E-state index contributed by atoms with van der Waals surface area (Å²) in [5.74, 6) is 0. The second-order valence-electron chi connectivity index (χ2n) is 3.47. The monoisotopic (exact) mass is 206 g/mol. The predicted molar refractivity (Wildman–Crippen MR) is 60.2 cm³/mol. The highest BCUT2D eigenvalue weighted by Crippen LogP contribution is 2.33. The first-order chi connectivity index (χ1) is 6.86. The first kappa shape index (κ1) is 9.81. The Morgan fingerprint density at radius 3 is 2.71 bits per heavy atom. The summed E-state index contributed by atoms with van der Waals surface area (Å²) >= 11 is 1.68. The summed E-state index contributed by atoms with van der Waals surface area (Å²) in [6, 6.07) is 10.2. The molecular formula is C12H14OS. The van der Waals surface area contributed by atoms with E-state index in [1.165, 1.54) is 4.90 Å². The zero-order chi connectivity index (χ0) is 9.80. The van der Waals surface area contributed by atoms with Gasteiger partial charge in [-0.25, -0.2) is 0 Å². The van der Waals surface area contributed by atoms with Gasteiger partial charge in [-0.3, -0.25) is 0 Å². The third kappa shape index (κ3) is 2.40. The number of hydrogen-bond acceptors (Lipinski definition) is 2. The fourth-order valence-electron chi connectivity index (χ4n) is 1.57. The predicted octanol–water partition coefficient (Wildman–Crippen LogP) is 3.21. The second-order valence-corrected chi connectivity index (χ2v) is 4.62. The molecule has 0 heterocycles. The Hall–Kier alpha value is -0.730. The third-order valence-corrected chi connectivity index (χ3v) is 3.52. The molecule has 1 aliphatic rings. The van der Waals surface area contributed by atoms with E-state index in [-0.39, 0.29) is 6.10 Å². The highest BCUT2D eigenvalue weighted by Gasteiger charge is 2.15. The van der Waals surface area contributed by atoms with Crippen molar-refractivity contribution in [3.05, 3.63) is 41.3 Å². The zero-order valence-electron chi connectivity index (χ0n) is 8.02. The Morgan fingerprint density at radius 1 is 1.21 bits per heavy atom. The minimum Gasteiger partial charge on any atom is -0.388 e. The molecule has 1 aromatic carbocycles. The summed E-state index contributed by atoms with van der Waals surface area (Å²) in [7, 11) is 0. The SMILES string of the molecule is O[C@H]1CCCC=C1Sc1ccccc1. The van der Waals surface area contributed by atoms with Gasteiger partial charge < -0.3 is 5.11 Å². The molecule has 0 saturated carbocycles. The molecular weight excluding hydrogens is 192 g/mol. The highest BCUT2D eigenvalue weighted by molar-refractivity contribution is 8.03. The lowest BCUT2D eigenvalue weighted by molar-refractivity contribution is 0.200. The van der Waals surface area contributed by atoms with E-state index >= 15 is 0 Å². The van der Waals surface area contributed by atoms with Gasteiger partial charge in [0, 0.05) is 9.80 Å². The molecule has 1 aliphatic carbocycles. The van der Waals surface area contributed by atoms with Gasteiger partial charge in [0.15, 0.2) is 0 Å². The average molecular weight is 206 g/mol. The Morgan fingerprint density at radius 2 is 2.00 bits per heavy atom. The van der Waals surface area contributed by atoms with Crippen LogP contribution in [0.5, 0.6) is 0 Å². The topological polar surface area (TPSA) is 20.2 Å². The highest BCUT2D eigenvalue weighted by atomic mass is 32.2. The van der Waals surface area contributed by atoms with E-state index in [4.69, 9.17) is 0 Å². The van der Waals surface area contributed by atoms with E-state index in [1.54, 1.807) is 11.8 Å². The van der Waals surface area contributed by atoms with Crippen LogP contribution in [0.3, 0.4) is 0 Å².